The summed E-state index contributed by atoms with van der Waals surface area (Å²) in [6.07, 6.45) is 1.15. The molecule has 1 aliphatic carbocycles. The molecule has 3 aliphatic heterocycles. The van der Waals surface area contributed by atoms with E-state index in [0.717, 1.165) is 35.4 Å². The molecule has 0 unspecified atom stereocenters. The molecule has 1 spiro atoms. The molecule has 15 heteroatoms. The molecule has 4 heterocycles. The monoisotopic (exact) mass is 619 g/mol. The van der Waals surface area contributed by atoms with Gasteiger partial charge in [0.25, 0.3) is 5.91 Å². The Morgan fingerprint density at radius 1 is 1.17 bits per heavy atom. The van der Waals surface area contributed by atoms with E-state index in [1.54, 1.807) is 0 Å². The summed E-state index contributed by atoms with van der Waals surface area (Å²) in [5, 5.41) is 0. The minimum Gasteiger partial charge on any atom is -0.460 e. The van der Waals surface area contributed by atoms with Crippen molar-refractivity contribution >= 4 is 25.5 Å². The van der Waals surface area contributed by atoms with Gasteiger partial charge in [-0.1, -0.05) is 18.2 Å². The summed E-state index contributed by atoms with van der Waals surface area (Å²) in [6.45, 7) is -0.604. The highest BCUT2D eigenvalue weighted by molar-refractivity contribution is 7.98. The Balaban J connectivity index is 1.41. The first-order valence-electron chi connectivity index (χ1n) is 13.1. The number of nitrogens with one attached hydrogen (secondary N) is 1. The van der Waals surface area contributed by atoms with Gasteiger partial charge >= 0.3 is 7.82 Å². The zero-order valence-corrected chi connectivity index (χ0v) is 23.6. The van der Waals surface area contributed by atoms with Crippen LogP contribution < -0.4 is 15.6 Å². The van der Waals surface area contributed by atoms with E-state index in [-0.39, 0.29) is 47.8 Å². The third kappa shape index (κ3) is 4.72. The summed E-state index contributed by atoms with van der Waals surface area (Å²) < 4.78 is 58.6. The van der Waals surface area contributed by atoms with Gasteiger partial charge in [0, 0.05) is 27.8 Å². The highest BCUT2D eigenvalue weighted by atomic mass is 32.2. The number of hydrogen-bond acceptors (Lipinski definition) is 8. The molecule has 2 fully saturated rings. The fourth-order valence-corrected chi connectivity index (χ4v) is 6.99. The predicted octanol–water partition coefficient (Wildman–Crippen LogP) is 3.32. The van der Waals surface area contributed by atoms with Crippen molar-refractivity contribution in [3.63, 3.8) is 0 Å². The van der Waals surface area contributed by atoms with E-state index in [1.807, 2.05) is 24.3 Å². The second-order valence-corrected chi connectivity index (χ2v) is 12.9. The van der Waals surface area contributed by atoms with Crippen LogP contribution >= 0.6 is 19.6 Å². The molecule has 0 bridgehead atoms. The van der Waals surface area contributed by atoms with Crippen LogP contribution in [-0.4, -0.2) is 57.0 Å². The lowest BCUT2D eigenvalue weighted by molar-refractivity contribution is -0.0665. The minimum atomic E-state index is -4.95. The molecule has 220 valence electrons. The Morgan fingerprint density at radius 2 is 1.95 bits per heavy atom. The van der Waals surface area contributed by atoms with Crippen molar-refractivity contribution < 1.29 is 41.9 Å². The lowest BCUT2D eigenvalue weighted by Gasteiger charge is -2.45. The number of pyridine rings is 1. The molecule has 1 saturated carbocycles. The molecule has 2 aromatic carbocycles. The molecule has 4 aliphatic rings. The van der Waals surface area contributed by atoms with Crippen LogP contribution in [0.3, 0.4) is 0 Å². The SMILES string of the molecule is O=C1c2c(OCOP(=O)(O)O)c(=O)cc(-c3cc(F)c(F)c4c3Cc3ccccc3SC4)n2N[C@@H]2COC3(CC3)CN12. The van der Waals surface area contributed by atoms with Crippen LogP contribution in [0, 0.1) is 11.6 Å². The quantitative estimate of drug-likeness (QED) is 0.288. The standard InChI is InChI=1S/C27H24F2N3O8PS/c28-18-8-16(15-7-14-3-1-2-4-21(14)42-11-17(15)23(18)29)19-9-20(33)25(38-13-40-41(35,36)37)24-26(34)31-12-27(5-6-27)39-10-22(31)30-32(19)24/h1-4,8-9,22,30H,5-7,10-13H2,(H2,35,36,37)/t22-/m0/s1. The number of phosphoric ester groups is 1. The van der Waals surface area contributed by atoms with Crippen LogP contribution in [0.5, 0.6) is 5.75 Å². The number of aromatic nitrogens is 1. The van der Waals surface area contributed by atoms with E-state index in [0.29, 0.717) is 5.56 Å². The van der Waals surface area contributed by atoms with E-state index in [1.165, 1.54) is 21.3 Å². The van der Waals surface area contributed by atoms with Gasteiger partial charge in [0.2, 0.25) is 18.0 Å². The maximum Gasteiger partial charge on any atom is 0.472 e. The van der Waals surface area contributed by atoms with Gasteiger partial charge in [-0.2, -0.15) is 0 Å². The number of thioether (sulfide) groups is 1. The fraction of sp³-hybridized carbons (Fsp3) is 0.333. The van der Waals surface area contributed by atoms with Crippen LogP contribution in [-0.2, 0) is 26.0 Å². The van der Waals surface area contributed by atoms with Crippen molar-refractivity contribution in [3.8, 4) is 17.0 Å². The van der Waals surface area contributed by atoms with E-state index < -0.39 is 55.1 Å². The van der Waals surface area contributed by atoms with Crippen LogP contribution in [0.15, 0.2) is 46.1 Å². The molecule has 7 rings (SSSR count). The lowest BCUT2D eigenvalue weighted by Crippen LogP contribution is -2.62. The summed E-state index contributed by atoms with van der Waals surface area (Å²) in [7, 11) is -4.95. The van der Waals surface area contributed by atoms with Crippen molar-refractivity contribution in [2.75, 3.05) is 25.4 Å². The summed E-state index contributed by atoms with van der Waals surface area (Å²) in [5.41, 5.74) is 3.47. The number of amides is 1. The zero-order chi connectivity index (χ0) is 29.4. The highest BCUT2D eigenvalue weighted by Gasteiger charge is 2.53. The summed E-state index contributed by atoms with van der Waals surface area (Å²) in [4.78, 5) is 48.1. The Bertz CT molecular complexity index is 1760. The average Bonchev–Trinajstić information content (AvgIpc) is 3.73. The third-order valence-electron chi connectivity index (χ3n) is 7.95. The molecule has 1 aromatic heterocycles. The van der Waals surface area contributed by atoms with Gasteiger partial charge in [0.05, 0.1) is 24.4 Å². The van der Waals surface area contributed by atoms with Gasteiger partial charge in [-0.25, -0.2) is 22.5 Å². The number of phosphoric acid groups is 1. The molecular formula is C27H24F2N3O8PS. The van der Waals surface area contributed by atoms with E-state index in [2.05, 4.69) is 9.95 Å². The average molecular weight is 620 g/mol. The first kappa shape index (κ1) is 27.6. The first-order valence-corrected chi connectivity index (χ1v) is 15.6. The Hall–Kier alpha value is -3.26. The summed E-state index contributed by atoms with van der Waals surface area (Å²) >= 11 is 1.38. The zero-order valence-electron chi connectivity index (χ0n) is 21.8. The maximum absolute atomic E-state index is 15.2. The van der Waals surface area contributed by atoms with Crippen molar-refractivity contribution in [1.82, 2.24) is 9.58 Å². The summed E-state index contributed by atoms with van der Waals surface area (Å²) in [6, 6.07) is 9.66. The van der Waals surface area contributed by atoms with Crippen molar-refractivity contribution in [3.05, 3.63) is 80.6 Å². The van der Waals surface area contributed by atoms with Crippen molar-refractivity contribution in [2.45, 2.75) is 41.7 Å². The number of carbonyl (C=O) groups excluding carboxylic acids is 1. The van der Waals surface area contributed by atoms with Crippen molar-refractivity contribution in [1.29, 1.82) is 0 Å². The van der Waals surface area contributed by atoms with Crippen molar-refractivity contribution in [2.24, 2.45) is 0 Å². The topological polar surface area (TPSA) is 140 Å². The molecule has 3 aromatic rings. The van der Waals surface area contributed by atoms with Gasteiger partial charge in [0.15, 0.2) is 17.3 Å². The number of carbonyl (C=O) groups is 1. The highest BCUT2D eigenvalue weighted by Crippen LogP contribution is 2.45. The van der Waals surface area contributed by atoms with Crippen LogP contribution in [0.2, 0.25) is 0 Å². The smallest absolute Gasteiger partial charge is 0.460 e. The fourth-order valence-electron chi connectivity index (χ4n) is 5.70. The van der Waals surface area contributed by atoms with Gasteiger partial charge in [-0.15, -0.1) is 11.8 Å². The normalized spacial score (nSPS) is 20.1. The molecule has 11 nitrogen and oxygen atoms in total. The predicted molar refractivity (Wildman–Crippen MR) is 146 cm³/mol. The molecule has 1 amide bonds. The number of benzene rings is 2. The number of morpholine rings is 1. The molecule has 0 radical (unpaired) electrons. The summed E-state index contributed by atoms with van der Waals surface area (Å²) in [5.74, 6) is -3.02. The van der Waals surface area contributed by atoms with Crippen LogP contribution in [0.1, 0.15) is 40.0 Å². The second-order valence-electron chi connectivity index (χ2n) is 10.6. The maximum atomic E-state index is 15.2. The Labute approximate surface area is 241 Å². The molecular weight excluding hydrogens is 595 g/mol. The van der Waals surface area contributed by atoms with Gasteiger partial charge in [-0.3, -0.25) is 9.59 Å². The number of hydrogen-bond donors (Lipinski definition) is 3. The largest absolute Gasteiger partial charge is 0.472 e. The van der Waals surface area contributed by atoms with E-state index in [4.69, 9.17) is 19.3 Å². The Morgan fingerprint density at radius 3 is 2.71 bits per heavy atom. The molecule has 3 N–H and O–H groups in total. The van der Waals surface area contributed by atoms with Crippen LogP contribution in [0.25, 0.3) is 11.3 Å². The van der Waals surface area contributed by atoms with E-state index in [9.17, 15) is 14.2 Å². The molecule has 1 atom stereocenters. The number of ether oxygens (including phenoxy) is 2. The Kier molecular flexibility index (Phi) is 6.50. The third-order valence-corrected chi connectivity index (χ3v) is 9.53. The lowest BCUT2D eigenvalue weighted by atomic mass is 9.92. The van der Waals surface area contributed by atoms with Crippen LogP contribution in [0.4, 0.5) is 8.78 Å². The van der Waals surface area contributed by atoms with Gasteiger partial charge in [-0.05, 0) is 42.5 Å². The number of rotatable bonds is 5. The second kappa shape index (κ2) is 9.90. The minimum absolute atomic E-state index is 0.0949. The first-order chi connectivity index (χ1) is 20.0. The molecule has 42 heavy (non-hydrogen) atoms. The number of halogens is 2. The number of fused-ring (bicyclic) bond motifs is 4. The molecule has 1 saturated heterocycles. The van der Waals surface area contributed by atoms with E-state index >= 15 is 8.78 Å². The van der Waals surface area contributed by atoms with Gasteiger partial charge < -0.3 is 29.6 Å². The number of nitrogens with zero attached hydrogens (tertiary/aromatic N) is 2. The van der Waals surface area contributed by atoms with Gasteiger partial charge in [0.1, 0.15) is 6.17 Å².